The summed E-state index contributed by atoms with van der Waals surface area (Å²) in [4.78, 5) is 20.1. The third kappa shape index (κ3) is 9.21. The quantitative estimate of drug-likeness (QED) is 0.293. The van der Waals surface area contributed by atoms with Crippen molar-refractivity contribution in [1.82, 2.24) is 0 Å². The van der Waals surface area contributed by atoms with Gasteiger partial charge in [0, 0.05) is 6.42 Å². The molecule has 0 spiro atoms. The molecule has 0 rings (SSSR count). The number of carboxylic acids is 1. The van der Waals surface area contributed by atoms with E-state index in [0.717, 1.165) is 0 Å². The van der Waals surface area contributed by atoms with Crippen LogP contribution in [0.25, 0.3) is 0 Å². The van der Waals surface area contributed by atoms with Crippen molar-refractivity contribution in [2.75, 3.05) is 0 Å². The number of carbonyl (C=O) groups excluding carboxylic acids is 1. The summed E-state index contributed by atoms with van der Waals surface area (Å²) >= 11 is 2.53. The number of hydrogen-bond acceptors (Lipinski definition) is 5. The number of primary amides is 1. The molecular weight excluding hydrogens is 184 g/mol. The smallest absolute Gasteiger partial charge is 0.320 e. The molecular formula is C5H12N2O4S. The predicted octanol–water partition coefficient (Wildman–Crippen LogP) is -0.947. The highest BCUT2D eigenvalue weighted by atomic mass is 32.1. The van der Waals surface area contributed by atoms with Crippen molar-refractivity contribution in [2.24, 2.45) is 11.5 Å². The minimum Gasteiger partial charge on any atom is -0.480 e. The van der Waals surface area contributed by atoms with Crippen molar-refractivity contribution in [1.29, 1.82) is 0 Å². The van der Waals surface area contributed by atoms with Crippen LogP contribution in [-0.4, -0.2) is 27.6 Å². The van der Waals surface area contributed by atoms with Gasteiger partial charge in [-0.05, 0) is 19.3 Å². The number of carbonyl (C=O) groups is 2. The Hall–Kier alpha value is -0.790. The van der Waals surface area contributed by atoms with Gasteiger partial charge in [-0.15, -0.1) is 0 Å². The van der Waals surface area contributed by atoms with Gasteiger partial charge in [0.2, 0.25) is 5.91 Å². The molecule has 0 saturated heterocycles. The molecule has 0 aliphatic carbocycles. The molecule has 1 atom stereocenters. The van der Waals surface area contributed by atoms with Crippen molar-refractivity contribution in [3.63, 3.8) is 0 Å². The lowest BCUT2D eigenvalue weighted by Gasteiger charge is -2.01. The molecule has 0 fully saturated rings. The highest BCUT2D eigenvalue weighted by Gasteiger charge is 2.11. The van der Waals surface area contributed by atoms with Gasteiger partial charge in [0.15, 0.2) is 0 Å². The van der Waals surface area contributed by atoms with Crippen LogP contribution in [0.5, 0.6) is 0 Å². The molecule has 0 heterocycles. The van der Waals surface area contributed by atoms with Crippen molar-refractivity contribution < 1.29 is 19.2 Å². The Morgan fingerprint density at radius 1 is 1.42 bits per heavy atom. The third-order valence-corrected chi connectivity index (χ3v) is 1.02. The first-order valence-electron chi connectivity index (χ1n) is 3.00. The maximum atomic E-state index is 10.1. The third-order valence-electron chi connectivity index (χ3n) is 1.02. The molecule has 6 nitrogen and oxygen atoms in total. The Morgan fingerprint density at radius 2 is 1.83 bits per heavy atom. The van der Waals surface area contributed by atoms with E-state index in [4.69, 9.17) is 21.1 Å². The lowest BCUT2D eigenvalue weighted by Crippen LogP contribution is -2.31. The van der Waals surface area contributed by atoms with Crippen LogP contribution >= 0.6 is 12.9 Å². The Kier molecular flexibility index (Phi) is 9.54. The maximum absolute atomic E-state index is 10.1. The molecule has 0 aliphatic rings. The first-order valence-corrected chi connectivity index (χ1v) is 3.40. The van der Waals surface area contributed by atoms with Crippen LogP contribution in [0, 0.1) is 0 Å². The molecule has 12 heavy (non-hydrogen) atoms. The first kappa shape index (κ1) is 13.8. The highest BCUT2D eigenvalue weighted by molar-refractivity contribution is 7.74. The van der Waals surface area contributed by atoms with Crippen LogP contribution in [0.15, 0.2) is 0 Å². The molecule has 7 heteroatoms. The van der Waals surface area contributed by atoms with Crippen molar-refractivity contribution in [2.45, 2.75) is 18.9 Å². The SMILES string of the molecule is NC(=O)CC[C@H](N)C(=O)O.OS. The van der Waals surface area contributed by atoms with E-state index in [1.165, 1.54) is 0 Å². The average molecular weight is 196 g/mol. The van der Waals surface area contributed by atoms with Crippen LogP contribution in [0.3, 0.4) is 0 Å². The lowest BCUT2D eigenvalue weighted by atomic mass is 10.2. The summed E-state index contributed by atoms with van der Waals surface area (Å²) in [5, 5.41) is 8.22. The standard InChI is InChI=1S/C5H10N2O3.H2OS/c6-3(5(9)10)1-2-4(7)8;1-2/h3H,1-2,6H2,(H2,7,8)(H,9,10);1-2H/t3-;/m0./s1. The Bertz CT molecular complexity index is 152. The van der Waals surface area contributed by atoms with Gasteiger partial charge < -0.3 is 21.1 Å². The average Bonchev–Trinajstić information content (AvgIpc) is 2.03. The van der Waals surface area contributed by atoms with E-state index in [9.17, 15) is 9.59 Å². The van der Waals surface area contributed by atoms with E-state index in [1.807, 2.05) is 0 Å². The Balaban J connectivity index is 0. The second kappa shape index (κ2) is 8.31. The van der Waals surface area contributed by atoms with Gasteiger partial charge in [-0.25, -0.2) is 0 Å². The Labute approximate surface area is 75.2 Å². The normalized spacial score (nSPS) is 10.9. The fourth-order valence-electron chi connectivity index (χ4n) is 0.421. The summed E-state index contributed by atoms with van der Waals surface area (Å²) < 4.78 is 6.69. The molecule has 0 aromatic carbocycles. The summed E-state index contributed by atoms with van der Waals surface area (Å²) in [6.45, 7) is 0. The molecule has 0 aromatic heterocycles. The molecule has 0 saturated carbocycles. The number of amides is 1. The molecule has 0 radical (unpaired) electrons. The van der Waals surface area contributed by atoms with Crippen molar-refractivity contribution >= 4 is 24.8 Å². The van der Waals surface area contributed by atoms with Gasteiger partial charge in [-0.2, -0.15) is 0 Å². The van der Waals surface area contributed by atoms with E-state index in [2.05, 4.69) is 12.9 Å². The largest absolute Gasteiger partial charge is 0.480 e. The summed E-state index contributed by atoms with van der Waals surface area (Å²) in [5.74, 6) is -1.64. The highest BCUT2D eigenvalue weighted by Crippen LogP contribution is 1.92. The second-order valence-corrected chi connectivity index (χ2v) is 1.95. The van der Waals surface area contributed by atoms with E-state index < -0.39 is 17.9 Å². The molecule has 6 N–H and O–H groups in total. The van der Waals surface area contributed by atoms with E-state index in [-0.39, 0.29) is 12.8 Å². The van der Waals surface area contributed by atoms with Crippen LogP contribution in [0.2, 0.25) is 0 Å². The summed E-state index contributed by atoms with van der Waals surface area (Å²) in [7, 11) is 0. The minimum absolute atomic E-state index is 0.0213. The molecule has 72 valence electrons. The van der Waals surface area contributed by atoms with E-state index in [1.54, 1.807) is 0 Å². The number of rotatable bonds is 4. The van der Waals surface area contributed by atoms with Gasteiger partial charge >= 0.3 is 5.97 Å². The lowest BCUT2D eigenvalue weighted by molar-refractivity contribution is -0.138. The van der Waals surface area contributed by atoms with Crippen LogP contribution in [0.1, 0.15) is 12.8 Å². The fraction of sp³-hybridized carbons (Fsp3) is 0.600. The number of aliphatic carboxylic acids is 1. The number of hydrogen-bond donors (Lipinski definition) is 5. The van der Waals surface area contributed by atoms with Gasteiger partial charge in [-0.3, -0.25) is 9.59 Å². The topological polar surface area (TPSA) is 127 Å². The summed E-state index contributed by atoms with van der Waals surface area (Å²) in [5.41, 5.74) is 9.81. The molecule has 0 aliphatic heterocycles. The monoisotopic (exact) mass is 196 g/mol. The molecule has 0 unspecified atom stereocenters. The summed E-state index contributed by atoms with van der Waals surface area (Å²) in [6, 6.07) is -0.979. The van der Waals surface area contributed by atoms with Crippen molar-refractivity contribution in [3.05, 3.63) is 0 Å². The van der Waals surface area contributed by atoms with E-state index in [0.29, 0.717) is 0 Å². The minimum atomic E-state index is -1.11. The second-order valence-electron chi connectivity index (χ2n) is 1.95. The van der Waals surface area contributed by atoms with Crippen LogP contribution in [0.4, 0.5) is 0 Å². The van der Waals surface area contributed by atoms with E-state index >= 15 is 0 Å². The number of nitrogens with two attached hydrogens (primary N) is 2. The van der Waals surface area contributed by atoms with Gasteiger partial charge in [-0.1, -0.05) is 0 Å². The zero-order valence-electron chi connectivity index (χ0n) is 6.30. The number of carboxylic acid groups (broad SMARTS) is 1. The summed E-state index contributed by atoms with van der Waals surface area (Å²) in [6.07, 6.45) is 0.123. The van der Waals surface area contributed by atoms with Gasteiger partial charge in [0.1, 0.15) is 6.04 Å². The van der Waals surface area contributed by atoms with Gasteiger partial charge in [0.05, 0.1) is 0 Å². The van der Waals surface area contributed by atoms with Crippen LogP contribution in [-0.2, 0) is 9.59 Å². The van der Waals surface area contributed by atoms with Crippen LogP contribution < -0.4 is 11.5 Å². The number of thiol groups is 1. The zero-order chi connectivity index (χ0) is 10.1. The first-order chi connectivity index (χ1) is 5.54. The molecule has 0 bridgehead atoms. The maximum Gasteiger partial charge on any atom is 0.320 e. The van der Waals surface area contributed by atoms with Crippen molar-refractivity contribution in [3.8, 4) is 0 Å². The Morgan fingerprint density at radius 3 is 2.08 bits per heavy atom. The van der Waals surface area contributed by atoms with Gasteiger partial charge in [0.25, 0.3) is 0 Å². The molecule has 0 aromatic rings. The molecule has 1 amide bonds. The predicted molar refractivity (Wildman–Crippen MR) is 45.7 cm³/mol. The zero-order valence-corrected chi connectivity index (χ0v) is 7.20. The fourth-order valence-corrected chi connectivity index (χ4v) is 0.421.